The summed E-state index contributed by atoms with van der Waals surface area (Å²) in [4.78, 5) is 6.99. The summed E-state index contributed by atoms with van der Waals surface area (Å²) >= 11 is 0. The number of aryl methyl sites for hydroxylation is 2. The van der Waals surface area contributed by atoms with Gasteiger partial charge in [0.2, 0.25) is 0 Å². The number of nitrogens with zero attached hydrogens (tertiary/aromatic N) is 4. The van der Waals surface area contributed by atoms with E-state index < -0.39 is 0 Å². The first-order valence-electron chi connectivity index (χ1n) is 10.4. The maximum absolute atomic E-state index is 4.64. The van der Waals surface area contributed by atoms with Crippen LogP contribution in [0.2, 0.25) is 0 Å². The van der Waals surface area contributed by atoms with Gasteiger partial charge in [-0.1, -0.05) is 25.1 Å². The lowest BCUT2D eigenvalue weighted by Gasteiger charge is -2.32. The van der Waals surface area contributed by atoms with Crippen LogP contribution in [-0.4, -0.2) is 53.4 Å². The number of guanidine groups is 1. The molecule has 0 atom stereocenters. The van der Waals surface area contributed by atoms with Crippen molar-refractivity contribution in [3.8, 4) is 5.69 Å². The number of likely N-dealkylation sites (tertiary alicyclic amines) is 1. The summed E-state index contributed by atoms with van der Waals surface area (Å²) in [6.45, 7) is 10.6. The van der Waals surface area contributed by atoms with E-state index in [2.05, 4.69) is 69.8 Å². The zero-order valence-corrected chi connectivity index (χ0v) is 17.7. The van der Waals surface area contributed by atoms with Gasteiger partial charge in [-0.15, -0.1) is 0 Å². The van der Waals surface area contributed by atoms with Gasteiger partial charge >= 0.3 is 0 Å². The Hall–Kier alpha value is -2.34. The summed E-state index contributed by atoms with van der Waals surface area (Å²) in [5.41, 5.74) is 4.50. The van der Waals surface area contributed by atoms with E-state index in [4.69, 9.17) is 0 Å². The number of aliphatic imine (C=N–C) groups is 1. The molecule has 0 radical (unpaired) electrons. The molecule has 0 amide bonds. The molecule has 0 aliphatic carbocycles. The van der Waals surface area contributed by atoms with Crippen molar-refractivity contribution < 1.29 is 0 Å². The molecular weight excluding hydrogens is 348 g/mol. The lowest BCUT2D eigenvalue weighted by molar-refractivity contribution is 0.206. The highest BCUT2D eigenvalue weighted by Gasteiger charge is 2.19. The van der Waals surface area contributed by atoms with Gasteiger partial charge in [0.05, 0.1) is 11.4 Å². The predicted octanol–water partition coefficient (Wildman–Crippen LogP) is 3.03. The normalized spacial score (nSPS) is 16.4. The van der Waals surface area contributed by atoms with Crippen molar-refractivity contribution in [1.29, 1.82) is 0 Å². The Labute approximate surface area is 169 Å². The summed E-state index contributed by atoms with van der Waals surface area (Å²) in [7, 11) is 1.84. The summed E-state index contributed by atoms with van der Waals surface area (Å²) in [6.07, 6.45) is 3.57. The van der Waals surface area contributed by atoms with Crippen LogP contribution in [0.15, 0.2) is 35.3 Å². The van der Waals surface area contributed by atoms with Gasteiger partial charge in [0.1, 0.15) is 0 Å². The second-order valence-electron chi connectivity index (χ2n) is 7.65. The average Bonchev–Trinajstić information content (AvgIpc) is 3.04. The summed E-state index contributed by atoms with van der Waals surface area (Å²) in [5.74, 6) is 0.872. The van der Waals surface area contributed by atoms with Gasteiger partial charge in [-0.05, 0) is 57.4 Å². The van der Waals surface area contributed by atoms with Crippen molar-refractivity contribution in [2.24, 2.45) is 4.99 Å². The average molecular weight is 383 g/mol. The van der Waals surface area contributed by atoms with E-state index in [-0.39, 0.29) is 0 Å². The van der Waals surface area contributed by atoms with Gasteiger partial charge < -0.3 is 15.5 Å². The molecule has 28 heavy (non-hydrogen) atoms. The quantitative estimate of drug-likeness (QED) is 0.596. The maximum atomic E-state index is 4.64. The molecule has 152 valence electrons. The third-order valence-electron chi connectivity index (χ3n) is 5.37. The molecule has 0 bridgehead atoms. The minimum Gasteiger partial charge on any atom is -0.354 e. The highest BCUT2D eigenvalue weighted by atomic mass is 15.3. The van der Waals surface area contributed by atoms with Crippen LogP contribution in [-0.2, 0) is 6.54 Å². The molecule has 2 N–H and O–H groups in total. The van der Waals surface area contributed by atoms with E-state index >= 15 is 0 Å². The molecule has 0 spiro atoms. The van der Waals surface area contributed by atoms with Crippen molar-refractivity contribution in [1.82, 2.24) is 25.3 Å². The molecule has 1 fully saturated rings. The van der Waals surface area contributed by atoms with Crippen LogP contribution in [0.4, 0.5) is 0 Å². The van der Waals surface area contributed by atoms with E-state index in [9.17, 15) is 0 Å². The van der Waals surface area contributed by atoms with Gasteiger partial charge in [0, 0.05) is 38.4 Å². The molecule has 1 saturated heterocycles. The number of benzene rings is 1. The third kappa shape index (κ3) is 5.13. The molecule has 6 heteroatoms. The van der Waals surface area contributed by atoms with Gasteiger partial charge in [0.15, 0.2) is 5.96 Å². The zero-order chi connectivity index (χ0) is 19.9. The van der Waals surface area contributed by atoms with Gasteiger partial charge in [-0.3, -0.25) is 4.99 Å². The van der Waals surface area contributed by atoms with Crippen LogP contribution >= 0.6 is 0 Å². The van der Waals surface area contributed by atoms with Gasteiger partial charge in [-0.25, -0.2) is 4.68 Å². The van der Waals surface area contributed by atoms with E-state index in [0.29, 0.717) is 12.6 Å². The lowest BCUT2D eigenvalue weighted by Crippen LogP contribution is -2.48. The fourth-order valence-corrected chi connectivity index (χ4v) is 3.92. The smallest absolute Gasteiger partial charge is 0.191 e. The fraction of sp³-hybridized carbons (Fsp3) is 0.545. The van der Waals surface area contributed by atoms with Crippen molar-refractivity contribution in [2.45, 2.75) is 52.6 Å². The van der Waals surface area contributed by atoms with Gasteiger partial charge in [-0.2, -0.15) is 5.10 Å². The Bertz CT molecular complexity index is 786. The Kier molecular flexibility index (Phi) is 7.09. The van der Waals surface area contributed by atoms with Crippen LogP contribution in [0.3, 0.4) is 0 Å². The first-order chi connectivity index (χ1) is 13.6. The summed E-state index contributed by atoms with van der Waals surface area (Å²) in [5, 5.41) is 11.7. The Balaban J connectivity index is 1.60. The van der Waals surface area contributed by atoms with Crippen LogP contribution < -0.4 is 10.6 Å². The van der Waals surface area contributed by atoms with Crippen molar-refractivity contribution in [3.05, 3.63) is 47.3 Å². The van der Waals surface area contributed by atoms with Crippen LogP contribution in [0.25, 0.3) is 5.69 Å². The fourth-order valence-electron chi connectivity index (χ4n) is 3.92. The molecule has 1 aromatic carbocycles. The number of rotatable bonds is 6. The molecule has 3 rings (SSSR count). The van der Waals surface area contributed by atoms with E-state index in [1.807, 2.05) is 18.7 Å². The van der Waals surface area contributed by atoms with E-state index in [0.717, 1.165) is 23.0 Å². The Morgan fingerprint density at radius 1 is 1.21 bits per heavy atom. The number of aromatic nitrogens is 2. The van der Waals surface area contributed by atoms with E-state index in [1.54, 1.807) is 0 Å². The first kappa shape index (κ1) is 20.4. The Morgan fingerprint density at radius 3 is 2.61 bits per heavy atom. The topological polar surface area (TPSA) is 57.5 Å². The number of hydrogen-bond acceptors (Lipinski definition) is 3. The monoisotopic (exact) mass is 382 g/mol. The number of nitrogens with one attached hydrogen (secondary N) is 2. The maximum Gasteiger partial charge on any atom is 0.191 e. The SMILES string of the molecule is CCCN1CCC(NC(=NC)NCc2ccccc2-n2nc(C)cc2C)CC1. The molecule has 1 aromatic heterocycles. The molecule has 6 nitrogen and oxygen atoms in total. The van der Waals surface area contributed by atoms with Crippen LogP contribution in [0, 0.1) is 13.8 Å². The molecular formula is C22H34N6. The highest BCUT2D eigenvalue weighted by molar-refractivity contribution is 5.80. The second-order valence-corrected chi connectivity index (χ2v) is 7.65. The first-order valence-corrected chi connectivity index (χ1v) is 10.4. The summed E-state index contributed by atoms with van der Waals surface area (Å²) < 4.78 is 2.02. The highest BCUT2D eigenvalue weighted by Crippen LogP contribution is 2.17. The minimum atomic E-state index is 0.491. The minimum absolute atomic E-state index is 0.491. The van der Waals surface area contributed by atoms with Crippen LogP contribution in [0.1, 0.15) is 43.1 Å². The molecule has 2 aromatic rings. The van der Waals surface area contributed by atoms with Crippen molar-refractivity contribution in [3.63, 3.8) is 0 Å². The number of hydrogen-bond donors (Lipinski definition) is 2. The molecule has 0 saturated carbocycles. The van der Waals surface area contributed by atoms with E-state index in [1.165, 1.54) is 44.5 Å². The van der Waals surface area contributed by atoms with Crippen molar-refractivity contribution in [2.75, 3.05) is 26.7 Å². The number of piperidine rings is 1. The second kappa shape index (κ2) is 9.73. The van der Waals surface area contributed by atoms with Crippen LogP contribution in [0.5, 0.6) is 0 Å². The third-order valence-corrected chi connectivity index (χ3v) is 5.37. The Morgan fingerprint density at radius 2 is 1.96 bits per heavy atom. The van der Waals surface area contributed by atoms with Crippen molar-refractivity contribution >= 4 is 5.96 Å². The number of para-hydroxylation sites is 1. The standard InChI is InChI=1S/C22H34N6/c1-5-12-27-13-10-20(11-14-27)25-22(23-4)24-16-19-8-6-7-9-21(19)28-18(3)15-17(2)26-28/h6-9,15,20H,5,10-14,16H2,1-4H3,(H2,23,24,25). The zero-order valence-electron chi connectivity index (χ0n) is 17.7. The molecule has 0 unspecified atom stereocenters. The largest absolute Gasteiger partial charge is 0.354 e. The molecule has 1 aliphatic rings. The predicted molar refractivity (Wildman–Crippen MR) is 116 cm³/mol. The molecule has 1 aliphatic heterocycles. The molecule has 2 heterocycles. The summed E-state index contributed by atoms with van der Waals surface area (Å²) in [6, 6.07) is 11.0. The van der Waals surface area contributed by atoms with Gasteiger partial charge in [0.25, 0.3) is 0 Å². The lowest BCUT2D eigenvalue weighted by atomic mass is 10.1.